The number of hydrogen-bond donors (Lipinski definition) is 2. The lowest BCUT2D eigenvalue weighted by atomic mass is 10.1. The molecule has 6 atom stereocenters. The summed E-state index contributed by atoms with van der Waals surface area (Å²) in [7, 11) is 0. The Morgan fingerprint density at radius 1 is 0.700 bits per heavy atom. The fourth-order valence-corrected chi connectivity index (χ4v) is 4.94. The maximum Gasteiger partial charge on any atom is 0.410 e. The minimum atomic E-state index is -0.433. The summed E-state index contributed by atoms with van der Waals surface area (Å²) in [6.45, 7) is 12.5. The van der Waals surface area contributed by atoms with Crippen LogP contribution in [0.5, 0.6) is 0 Å². The molecule has 0 spiro atoms. The molecule has 2 amide bonds. The molecule has 2 N–H and O–H groups in total. The van der Waals surface area contributed by atoms with Gasteiger partial charge >= 0.3 is 12.2 Å². The number of fused-ring (bicyclic) bond motifs is 4. The van der Waals surface area contributed by atoms with Crippen molar-refractivity contribution in [2.75, 3.05) is 13.1 Å². The Morgan fingerprint density at radius 3 is 1.23 bits per heavy atom. The van der Waals surface area contributed by atoms with E-state index >= 15 is 0 Å². The van der Waals surface area contributed by atoms with Crippen LogP contribution in [0, 0.1) is 11.8 Å². The van der Waals surface area contributed by atoms with E-state index in [2.05, 4.69) is 0 Å². The molecule has 30 heavy (non-hydrogen) atoms. The highest BCUT2D eigenvalue weighted by atomic mass is 16.6. The first-order chi connectivity index (χ1) is 13.7. The van der Waals surface area contributed by atoms with Crippen LogP contribution >= 0.6 is 0 Å². The molecule has 4 bridgehead atoms. The van der Waals surface area contributed by atoms with E-state index in [0.717, 1.165) is 12.8 Å². The second-order valence-electron chi connectivity index (χ2n) is 11.2. The van der Waals surface area contributed by atoms with Crippen LogP contribution in [0.2, 0.25) is 0 Å². The summed E-state index contributed by atoms with van der Waals surface area (Å²) in [5.41, 5.74) is -0.866. The molecule has 2 saturated carbocycles. The van der Waals surface area contributed by atoms with Crippen molar-refractivity contribution in [2.24, 2.45) is 11.8 Å². The Bertz CT molecular complexity index is 595. The molecule has 172 valence electrons. The van der Waals surface area contributed by atoms with Crippen LogP contribution in [0.15, 0.2) is 0 Å². The summed E-state index contributed by atoms with van der Waals surface area (Å²) < 4.78 is 10.6. The molecule has 4 fully saturated rings. The predicted octanol–water partition coefficient (Wildman–Crippen LogP) is 2.75. The summed E-state index contributed by atoms with van der Waals surface area (Å²) in [5.74, 6) is 0.532. The fraction of sp³-hybridized carbons (Fsp3) is 0.909. The molecule has 2 aliphatic heterocycles. The van der Waals surface area contributed by atoms with Gasteiger partial charge in [0.15, 0.2) is 0 Å². The van der Waals surface area contributed by atoms with Gasteiger partial charge in [0.05, 0.1) is 12.2 Å². The van der Waals surface area contributed by atoms with Crippen LogP contribution in [0.1, 0.15) is 67.2 Å². The molecule has 2 saturated heterocycles. The van der Waals surface area contributed by atoms with Crippen LogP contribution in [0.25, 0.3) is 0 Å². The van der Waals surface area contributed by atoms with Crippen molar-refractivity contribution in [1.29, 1.82) is 0 Å². The average molecular weight is 427 g/mol. The second kappa shape index (κ2) is 8.19. The first-order valence-corrected chi connectivity index (χ1v) is 11.1. The molecule has 0 aromatic heterocycles. The van der Waals surface area contributed by atoms with Crippen molar-refractivity contribution in [3.8, 4) is 0 Å². The maximum absolute atomic E-state index is 11.8. The van der Waals surface area contributed by atoms with Gasteiger partial charge in [-0.15, -0.1) is 0 Å². The van der Waals surface area contributed by atoms with Crippen LogP contribution < -0.4 is 0 Å². The van der Waals surface area contributed by atoms with Crippen molar-refractivity contribution < 1.29 is 29.3 Å². The van der Waals surface area contributed by atoms with E-state index in [4.69, 9.17) is 9.47 Å². The van der Waals surface area contributed by atoms with Gasteiger partial charge in [0.25, 0.3) is 0 Å². The van der Waals surface area contributed by atoms with Crippen LogP contribution in [-0.4, -0.2) is 80.8 Å². The Balaban J connectivity index is 0.000000171. The topological polar surface area (TPSA) is 99.5 Å². The van der Waals surface area contributed by atoms with Gasteiger partial charge < -0.3 is 29.5 Å². The van der Waals surface area contributed by atoms with Crippen molar-refractivity contribution in [3.05, 3.63) is 0 Å². The highest BCUT2D eigenvalue weighted by molar-refractivity contribution is 5.69. The third-order valence-electron chi connectivity index (χ3n) is 6.27. The van der Waals surface area contributed by atoms with Gasteiger partial charge in [-0.1, -0.05) is 0 Å². The normalized spacial score (nSPS) is 34.7. The summed E-state index contributed by atoms with van der Waals surface area (Å²) in [6.07, 6.45) is 2.39. The summed E-state index contributed by atoms with van der Waals surface area (Å²) in [6, 6.07) is 0.389. The highest BCUT2D eigenvalue weighted by Gasteiger charge is 2.47. The van der Waals surface area contributed by atoms with Crippen molar-refractivity contribution >= 4 is 12.2 Å². The molecular weight excluding hydrogens is 388 g/mol. The zero-order chi connectivity index (χ0) is 22.4. The lowest BCUT2D eigenvalue weighted by Gasteiger charge is -2.31. The van der Waals surface area contributed by atoms with Gasteiger partial charge in [-0.2, -0.15) is 0 Å². The third kappa shape index (κ3) is 5.38. The van der Waals surface area contributed by atoms with Gasteiger partial charge in [0, 0.05) is 37.0 Å². The van der Waals surface area contributed by atoms with Gasteiger partial charge in [0.1, 0.15) is 11.2 Å². The van der Waals surface area contributed by atoms with Gasteiger partial charge in [-0.3, -0.25) is 0 Å². The zero-order valence-electron chi connectivity index (χ0n) is 19.1. The Morgan fingerprint density at radius 2 is 1.03 bits per heavy atom. The number of nitrogens with zero attached hydrogens (tertiary/aromatic N) is 2. The maximum atomic E-state index is 11.8. The number of rotatable bonds is 0. The van der Waals surface area contributed by atoms with Crippen molar-refractivity contribution in [3.63, 3.8) is 0 Å². The molecule has 8 heteroatoms. The van der Waals surface area contributed by atoms with E-state index in [0.29, 0.717) is 25.9 Å². The Labute approximate surface area is 179 Å². The Kier molecular flexibility index (Phi) is 6.31. The molecule has 0 aromatic carbocycles. The van der Waals surface area contributed by atoms with Crippen molar-refractivity contribution in [1.82, 2.24) is 9.80 Å². The van der Waals surface area contributed by atoms with E-state index in [1.807, 2.05) is 41.5 Å². The number of carbonyl (C=O) groups is 2. The third-order valence-corrected chi connectivity index (χ3v) is 6.27. The lowest BCUT2D eigenvalue weighted by molar-refractivity contribution is 0.00661. The van der Waals surface area contributed by atoms with Gasteiger partial charge in [-0.05, 0) is 67.2 Å². The van der Waals surface area contributed by atoms with Gasteiger partial charge in [-0.25, -0.2) is 9.59 Å². The molecule has 0 aromatic rings. The molecule has 2 aliphatic carbocycles. The first-order valence-electron chi connectivity index (χ1n) is 11.1. The molecule has 0 radical (unpaired) electrons. The van der Waals surface area contributed by atoms with E-state index < -0.39 is 11.2 Å². The SMILES string of the molecule is CC(C)(C)OC(=O)N1C[C@@H]2C[C@H]1C[C@H]2O.CC(C)(C)OC(=O)N1C[C@H]2C[C@@H]1C[C@@H]2O. The second-order valence-corrected chi connectivity index (χ2v) is 11.2. The molecular formula is C22H38N2O6. The lowest BCUT2D eigenvalue weighted by Crippen LogP contribution is -2.44. The Hall–Kier alpha value is -1.54. The van der Waals surface area contributed by atoms with Crippen LogP contribution in [0.4, 0.5) is 9.59 Å². The van der Waals surface area contributed by atoms with Crippen LogP contribution in [0.3, 0.4) is 0 Å². The van der Waals surface area contributed by atoms with E-state index in [9.17, 15) is 19.8 Å². The molecule has 0 unspecified atom stereocenters. The number of aliphatic hydroxyl groups is 2. The highest BCUT2D eigenvalue weighted by Crippen LogP contribution is 2.39. The number of hydrogen-bond acceptors (Lipinski definition) is 6. The molecule has 4 aliphatic rings. The minimum Gasteiger partial charge on any atom is -0.444 e. The van der Waals surface area contributed by atoms with E-state index in [-0.39, 0.29) is 48.3 Å². The van der Waals surface area contributed by atoms with E-state index in [1.165, 1.54) is 0 Å². The average Bonchev–Trinajstić information content (AvgIpc) is 3.30. The summed E-state index contributed by atoms with van der Waals surface area (Å²) >= 11 is 0. The molecule has 8 nitrogen and oxygen atoms in total. The quantitative estimate of drug-likeness (QED) is 0.618. The smallest absolute Gasteiger partial charge is 0.410 e. The zero-order valence-corrected chi connectivity index (χ0v) is 19.1. The largest absolute Gasteiger partial charge is 0.444 e. The molecule has 4 rings (SSSR count). The van der Waals surface area contributed by atoms with Gasteiger partial charge in [0.2, 0.25) is 0 Å². The fourth-order valence-electron chi connectivity index (χ4n) is 4.94. The molecule has 2 heterocycles. The summed E-state index contributed by atoms with van der Waals surface area (Å²) in [5, 5.41) is 19.1. The minimum absolute atomic E-state index is 0.194. The van der Waals surface area contributed by atoms with E-state index in [1.54, 1.807) is 9.80 Å². The monoisotopic (exact) mass is 426 g/mol. The first kappa shape index (κ1) is 23.1. The number of piperidine rings is 2. The predicted molar refractivity (Wildman–Crippen MR) is 111 cm³/mol. The number of aliphatic hydroxyl groups excluding tert-OH is 2. The number of likely N-dealkylation sites (tertiary alicyclic amines) is 2. The van der Waals surface area contributed by atoms with Crippen LogP contribution in [-0.2, 0) is 9.47 Å². The van der Waals surface area contributed by atoms with Crippen molar-refractivity contribution in [2.45, 2.75) is 103 Å². The number of carbonyl (C=O) groups excluding carboxylic acids is 2. The number of ether oxygens (including phenoxy) is 2. The standard InChI is InChI=1S/2C11H19NO3/c2*1-11(2,3)15-10(14)12-6-7-4-8(12)5-9(7)13/h2*7-9,13H,4-6H2,1-3H3/t2*7-,8-,9+/m10/s1. The number of amides is 2. The summed E-state index contributed by atoms with van der Waals surface area (Å²) in [4.78, 5) is 27.1.